The topological polar surface area (TPSA) is 71.1 Å². The average molecular weight is 302 g/mol. The van der Waals surface area contributed by atoms with Crippen molar-refractivity contribution in [2.45, 2.75) is 38.7 Å². The monoisotopic (exact) mass is 302 g/mol. The zero-order chi connectivity index (χ0) is 15.4. The lowest BCUT2D eigenvalue weighted by atomic mass is 10.1. The zero-order valence-electron chi connectivity index (χ0n) is 12.9. The number of carbonyl (C=O) groups is 1. The highest BCUT2D eigenvalue weighted by atomic mass is 16.5. The second-order valence-electron chi connectivity index (χ2n) is 5.77. The minimum absolute atomic E-state index is 0.0425. The van der Waals surface area contributed by atoms with Crippen molar-refractivity contribution in [1.82, 2.24) is 20.3 Å². The van der Waals surface area contributed by atoms with Crippen LogP contribution in [0.4, 0.5) is 0 Å². The Morgan fingerprint density at radius 1 is 1.36 bits per heavy atom. The second-order valence-corrected chi connectivity index (χ2v) is 5.77. The van der Waals surface area contributed by atoms with Crippen LogP contribution in [0.5, 0.6) is 0 Å². The maximum absolute atomic E-state index is 12.8. The fourth-order valence-electron chi connectivity index (χ4n) is 2.90. The van der Waals surface area contributed by atoms with Gasteiger partial charge in [0, 0.05) is 25.3 Å². The van der Waals surface area contributed by atoms with Crippen LogP contribution in [0.1, 0.15) is 43.0 Å². The van der Waals surface area contributed by atoms with E-state index in [1.54, 1.807) is 6.07 Å². The summed E-state index contributed by atoms with van der Waals surface area (Å²) in [6, 6.07) is 5.44. The SMILES string of the molecule is CCCN(CC1CCCCO1)C(=O)c1ccc2n[nH]nc2c1. The Balaban J connectivity index is 1.75. The summed E-state index contributed by atoms with van der Waals surface area (Å²) >= 11 is 0. The quantitative estimate of drug-likeness (QED) is 0.920. The Morgan fingerprint density at radius 2 is 2.23 bits per heavy atom. The van der Waals surface area contributed by atoms with E-state index < -0.39 is 0 Å². The van der Waals surface area contributed by atoms with E-state index in [9.17, 15) is 4.79 Å². The van der Waals surface area contributed by atoms with Gasteiger partial charge in [-0.05, 0) is 43.9 Å². The summed E-state index contributed by atoms with van der Waals surface area (Å²) in [7, 11) is 0. The molecule has 0 bridgehead atoms. The number of carbonyl (C=O) groups excluding carboxylic acids is 1. The predicted octanol–water partition coefficient (Wildman–Crippen LogP) is 2.38. The van der Waals surface area contributed by atoms with Crippen molar-refractivity contribution < 1.29 is 9.53 Å². The van der Waals surface area contributed by atoms with Gasteiger partial charge in [-0.3, -0.25) is 4.79 Å². The second kappa shape index (κ2) is 6.87. The number of nitrogens with one attached hydrogen (secondary N) is 1. The van der Waals surface area contributed by atoms with E-state index in [0.717, 1.165) is 43.4 Å². The highest BCUT2D eigenvalue weighted by molar-refractivity contribution is 5.97. The first kappa shape index (κ1) is 15.0. The molecular weight excluding hydrogens is 280 g/mol. The standard InChI is InChI=1S/C16H22N4O2/c1-2-8-20(11-13-5-3-4-9-22-13)16(21)12-6-7-14-15(10-12)18-19-17-14/h6-7,10,13H,2-5,8-9,11H2,1H3,(H,17,18,19). The Morgan fingerprint density at radius 3 is 3.00 bits per heavy atom. The number of benzene rings is 1. The summed E-state index contributed by atoms with van der Waals surface area (Å²) in [4.78, 5) is 14.7. The Hall–Kier alpha value is -1.95. The van der Waals surface area contributed by atoms with E-state index in [-0.39, 0.29) is 12.0 Å². The van der Waals surface area contributed by atoms with E-state index in [0.29, 0.717) is 12.1 Å². The van der Waals surface area contributed by atoms with E-state index in [2.05, 4.69) is 22.3 Å². The van der Waals surface area contributed by atoms with Gasteiger partial charge in [-0.15, -0.1) is 0 Å². The lowest BCUT2D eigenvalue weighted by molar-refractivity contribution is -0.00383. The molecule has 1 unspecified atom stereocenters. The summed E-state index contributed by atoms with van der Waals surface area (Å²) in [6.45, 7) is 4.31. The largest absolute Gasteiger partial charge is 0.376 e. The van der Waals surface area contributed by atoms with Crippen molar-refractivity contribution in [2.24, 2.45) is 0 Å². The van der Waals surface area contributed by atoms with Gasteiger partial charge in [-0.1, -0.05) is 6.92 Å². The average Bonchev–Trinajstić information content (AvgIpc) is 3.02. The fraction of sp³-hybridized carbons (Fsp3) is 0.562. The number of aromatic amines is 1. The number of fused-ring (bicyclic) bond motifs is 1. The van der Waals surface area contributed by atoms with Crippen LogP contribution in [0.2, 0.25) is 0 Å². The number of nitrogens with zero attached hydrogens (tertiary/aromatic N) is 3. The van der Waals surface area contributed by atoms with Crippen LogP contribution in [-0.2, 0) is 4.74 Å². The van der Waals surface area contributed by atoms with Crippen LogP contribution >= 0.6 is 0 Å². The van der Waals surface area contributed by atoms with Crippen LogP contribution in [0.25, 0.3) is 11.0 Å². The molecule has 1 aliphatic heterocycles. The van der Waals surface area contributed by atoms with E-state index >= 15 is 0 Å². The molecule has 0 aliphatic carbocycles. The molecule has 1 saturated heterocycles. The molecule has 6 heteroatoms. The highest BCUT2D eigenvalue weighted by Crippen LogP contribution is 2.17. The molecule has 3 rings (SSSR count). The van der Waals surface area contributed by atoms with Crippen LogP contribution in [0.3, 0.4) is 0 Å². The molecule has 1 fully saturated rings. The van der Waals surface area contributed by atoms with E-state index in [4.69, 9.17) is 4.74 Å². The Bertz CT molecular complexity index is 634. The lowest BCUT2D eigenvalue weighted by Crippen LogP contribution is -2.40. The molecule has 0 radical (unpaired) electrons. The first-order chi connectivity index (χ1) is 10.8. The van der Waals surface area contributed by atoms with Gasteiger partial charge in [0.2, 0.25) is 0 Å². The first-order valence-electron chi connectivity index (χ1n) is 7.99. The molecule has 2 aromatic rings. The molecular formula is C16H22N4O2. The van der Waals surface area contributed by atoms with Gasteiger partial charge in [0.25, 0.3) is 5.91 Å². The van der Waals surface area contributed by atoms with Crippen LogP contribution in [-0.4, -0.2) is 52.0 Å². The van der Waals surface area contributed by atoms with Crippen LogP contribution < -0.4 is 0 Å². The number of ether oxygens (including phenoxy) is 1. The normalized spacial score (nSPS) is 18.5. The molecule has 2 heterocycles. The highest BCUT2D eigenvalue weighted by Gasteiger charge is 2.22. The fourth-order valence-corrected chi connectivity index (χ4v) is 2.90. The third kappa shape index (κ3) is 3.27. The van der Waals surface area contributed by atoms with Gasteiger partial charge in [-0.25, -0.2) is 0 Å². The molecule has 6 nitrogen and oxygen atoms in total. The van der Waals surface area contributed by atoms with E-state index in [1.807, 2.05) is 17.0 Å². The molecule has 0 saturated carbocycles. The van der Waals surface area contributed by atoms with E-state index in [1.165, 1.54) is 6.42 Å². The number of hydrogen-bond donors (Lipinski definition) is 1. The molecule has 1 aromatic carbocycles. The minimum atomic E-state index is 0.0425. The molecule has 1 N–H and O–H groups in total. The number of aromatic nitrogens is 3. The van der Waals surface area contributed by atoms with Crippen molar-refractivity contribution >= 4 is 16.9 Å². The summed E-state index contributed by atoms with van der Waals surface area (Å²) in [5.74, 6) is 0.0425. The molecule has 1 aliphatic rings. The number of H-pyrrole nitrogens is 1. The summed E-state index contributed by atoms with van der Waals surface area (Å²) in [5, 5.41) is 10.6. The Labute approximate surface area is 129 Å². The lowest BCUT2D eigenvalue weighted by Gasteiger charge is -2.30. The van der Waals surface area contributed by atoms with Crippen molar-refractivity contribution in [3.8, 4) is 0 Å². The molecule has 0 spiro atoms. The van der Waals surface area contributed by atoms with Crippen molar-refractivity contribution in [3.05, 3.63) is 23.8 Å². The first-order valence-corrected chi connectivity index (χ1v) is 7.99. The van der Waals surface area contributed by atoms with Crippen LogP contribution in [0, 0.1) is 0 Å². The van der Waals surface area contributed by atoms with Gasteiger partial charge in [0.1, 0.15) is 11.0 Å². The van der Waals surface area contributed by atoms with Gasteiger partial charge in [0.05, 0.1) is 6.10 Å². The zero-order valence-corrected chi connectivity index (χ0v) is 12.9. The predicted molar refractivity (Wildman–Crippen MR) is 83.7 cm³/mol. The maximum Gasteiger partial charge on any atom is 0.254 e. The summed E-state index contributed by atoms with van der Waals surface area (Å²) in [5.41, 5.74) is 2.15. The third-order valence-corrected chi connectivity index (χ3v) is 4.04. The molecule has 1 aromatic heterocycles. The summed E-state index contributed by atoms with van der Waals surface area (Å²) in [6.07, 6.45) is 4.45. The minimum Gasteiger partial charge on any atom is -0.376 e. The number of amides is 1. The van der Waals surface area contributed by atoms with Crippen molar-refractivity contribution in [3.63, 3.8) is 0 Å². The van der Waals surface area contributed by atoms with Crippen molar-refractivity contribution in [2.75, 3.05) is 19.7 Å². The van der Waals surface area contributed by atoms with Gasteiger partial charge in [0.15, 0.2) is 0 Å². The Kier molecular flexibility index (Phi) is 4.68. The van der Waals surface area contributed by atoms with Crippen LogP contribution in [0.15, 0.2) is 18.2 Å². The van der Waals surface area contributed by atoms with Crippen molar-refractivity contribution in [1.29, 1.82) is 0 Å². The van der Waals surface area contributed by atoms with Gasteiger partial charge >= 0.3 is 0 Å². The molecule has 22 heavy (non-hydrogen) atoms. The molecule has 118 valence electrons. The third-order valence-electron chi connectivity index (χ3n) is 4.04. The van der Waals surface area contributed by atoms with Gasteiger partial charge in [-0.2, -0.15) is 15.4 Å². The molecule has 1 atom stereocenters. The maximum atomic E-state index is 12.8. The number of rotatable bonds is 5. The van der Waals surface area contributed by atoms with Gasteiger partial charge < -0.3 is 9.64 Å². The summed E-state index contributed by atoms with van der Waals surface area (Å²) < 4.78 is 5.78. The number of hydrogen-bond acceptors (Lipinski definition) is 4. The molecule has 1 amide bonds. The smallest absolute Gasteiger partial charge is 0.254 e.